The lowest BCUT2D eigenvalue weighted by Crippen LogP contribution is -2.37. The third-order valence-corrected chi connectivity index (χ3v) is 5.76. The van der Waals surface area contributed by atoms with Gasteiger partial charge in [0.05, 0.1) is 35.0 Å². The van der Waals surface area contributed by atoms with Crippen LogP contribution in [-0.2, 0) is 4.74 Å². The Labute approximate surface area is 166 Å². The second-order valence-corrected chi connectivity index (χ2v) is 7.61. The van der Waals surface area contributed by atoms with E-state index in [9.17, 15) is 10.1 Å². The molecule has 0 atom stereocenters. The molecule has 4 rings (SSSR count). The number of thiazole rings is 1. The van der Waals surface area contributed by atoms with Gasteiger partial charge in [-0.25, -0.2) is 4.98 Å². The minimum absolute atomic E-state index is 0.0249. The minimum Gasteiger partial charge on any atom is -0.487 e. The Morgan fingerprint density at radius 1 is 1.21 bits per heavy atom. The van der Waals surface area contributed by atoms with E-state index in [1.165, 1.54) is 11.3 Å². The van der Waals surface area contributed by atoms with E-state index >= 15 is 0 Å². The fraction of sp³-hybridized carbons (Fsp3) is 0.350. The summed E-state index contributed by atoms with van der Waals surface area (Å²) in [5.74, 6) is 0.303. The van der Waals surface area contributed by atoms with Gasteiger partial charge in [-0.15, -0.1) is 11.3 Å². The third-order valence-electron chi connectivity index (χ3n) is 4.68. The maximum Gasteiger partial charge on any atom is 0.311 e. The Hall–Kier alpha value is -2.55. The first-order valence-corrected chi connectivity index (χ1v) is 10.1. The molecule has 0 spiro atoms. The number of rotatable bonds is 7. The highest BCUT2D eigenvalue weighted by atomic mass is 32.1. The van der Waals surface area contributed by atoms with Gasteiger partial charge in [0.15, 0.2) is 5.75 Å². The van der Waals surface area contributed by atoms with Gasteiger partial charge >= 0.3 is 5.69 Å². The molecule has 3 aromatic rings. The van der Waals surface area contributed by atoms with Crippen molar-refractivity contribution in [3.8, 4) is 16.3 Å². The predicted octanol–water partition coefficient (Wildman–Crippen LogP) is 3.97. The summed E-state index contributed by atoms with van der Waals surface area (Å²) in [5.41, 5.74) is 1.60. The number of hydrogen-bond donors (Lipinski definition) is 0. The van der Waals surface area contributed by atoms with Crippen molar-refractivity contribution in [1.29, 1.82) is 0 Å². The molecule has 0 saturated carbocycles. The van der Waals surface area contributed by atoms with Gasteiger partial charge in [-0.1, -0.05) is 12.1 Å². The van der Waals surface area contributed by atoms with Crippen LogP contribution in [0.4, 0.5) is 5.69 Å². The number of ether oxygens (including phenoxy) is 2. The number of para-hydroxylation sites is 1. The van der Waals surface area contributed by atoms with Crippen molar-refractivity contribution in [2.45, 2.75) is 6.42 Å². The first kappa shape index (κ1) is 18.8. The maximum atomic E-state index is 11.5. The number of aromatic nitrogens is 1. The molecule has 0 amide bonds. The van der Waals surface area contributed by atoms with Crippen LogP contribution in [0, 0.1) is 10.1 Å². The van der Waals surface area contributed by atoms with Crippen molar-refractivity contribution in [3.63, 3.8) is 0 Å². The zero-order valence-corrected chi connectivity index (χ0v) is 16.2. The normalized spacial score (nSPS) is 15.0. The fourth-order valence-corrected chi connectivity index (χ4v) is 4.17. The summed E-state index contributed by atoms with van der Waals surface area (Å²) in [6, 6.07) is 12.9. The molecular weight excluding hydrogens is 378 g/mol. The van der Waals surface area contributed by atoms with Crippen LogP contribution in [0.3, 0.4) is 0 Å². The number of fused-ring (bicyclic) bond motifs is 1. The number of benzene rings is 2. The highest BCUT2D eigenvalue weighted by Gasteiger charge is 2.18. The molecule has 0 unspecified atom stereocenters. The van der Waals surface area contributed by atoms with Crippen LogP contribution in [-0.4, -0.2) is 54.3 Å². The Balaban J connectivity index is 1.45. The van der Waals surface area contributed by atoms with E-state index in [1.807, 2.05) is 30.3 Å². The van der Waals surface area contributed by atoms with Crippen LogP contribution in [0.25, 0.3) is 20.8 Å². The van der Waals surface area contributed by atoms with E-state index in [0.29, 0.717) is 12.4 Å². The minimum atomic E-state index is -0.395. The summed E-state index contributed by atoms with van der Waals surface area (Å²) in [6.07, 6.45) is 0.816. The topological polar surface area (TPSA) is 77.7 Å². The van der Waals surface area contributed by atoms with Crippen molar-refractivity contribution < 1.29 is 14.4 Å². The molecule has 7 nitrogen and oxygen atoms in total. The van der Waals surface area contributed by atoms with Crippen molar-refractivity contribution in [1.82, 2.24) is 9.88 Å². The van der Waals surface area contributed by atoms with Crippen LogP contribution in [0.1, 0.15) is 6.42 Å². The van der Waals surface area contributed by atoms with Gasteiger partial charge in [0.1, 0.15) is 5.01 Å². The Kier molecular flexibility index (Phi) is 5.80. The number of nitrogens with zero attached hydrogens (tertiary/aromatic N) is 3. The largest absolute Gasteiger partial charge is 0.487 e. The van der Waals surface area contributed by atoms with Gasteiger partial charge < -0.3 is 9.47 Å². The molecule has 8 heteroatoms. The van der Waals surface area contributed by atoms with E-state index in [1.54, 1.807) is 12.1 Å². The SMILES string of the molecule is O=[N+]([O-])c1cc(-c2nc3ccccc3s2)ccc1OCCCN1CCOCC1. The first-order valence-electron chi connectivity index (χ1n) is 9.28. The molecule has 1 saturated heterocycles. The molecule has 1 aromatic heterocycles. The number of hydrogen-bond acceptors (Lipinski definition) is 7. The molecule has 28 heavy (non-hydrogen) atoms. The molecule has 2 aromatic carbocycles. The summed E-state index contributed by atoms with van der Waals surface area (Å²) in [7, 11) is 0. The van der Waals surface area contributed by atoms with E-state index in [2.05, 4.69) is 9.88 Å². The fourth-order valence-electron chi connectivity index (χ4n) is 3.21. The van der Waals surface area contributed by atoms with Crippen molar-refractivity contribution in [2.75, 3.05) is 39.5 Å². The van der Waals surface area contributed by atoms with Gasteiger partial charge in [0.2, 0.25) is 0 Å². The van der Waals surface area contributed by atoms with Gasteiger partial charge in [-0.2, -0.15) is 0 Å². The number of nitro groups is 1. The van der Waals surface area contributed by atoms with Crippen LogP contribution < -0.4 is 4.74 Å². The summed E-state index contributed by atoms with van der Waals surface area (Å²) >= 11 is 1.52. The zero-order valence-electron chi connectivity index (χ0n) is 15.4. The molecule has 2 heterocycles. The first-order chi connectivity index (χ1) is 13.7. The van der Waals surface area contributed by atoms with Gasteiger partial charge in [0.25, 0.3) is 0 Å². The lowest BCUT2D eigenvalue weighted by Gasteiger charge is -2.26. The molecule has 1 fully saturated rings. The Morgan fingerprint density at radius 3 is 2.82 bits per heavy atom. The average Bonchev–Trinajstić information content (AvgIpc) is 3.16. The molecule has 0 radical (unpaired) electrons. The summed E-state index contributed by atoms with van der Waals surface area (Å²) in [4.78, 5) is 18.0. The van der Waals surface area contributed by atoms with E-state index in [-0.39, 0.29) is 5.69 Å². The molecule has 0 N–H and O–H groups in total. The van der Waals surface area contributed by atoms with Crippen LogP contribution >= 0.6 is 11.3 Å². The molecule has 1 aliphatic heterocycles. The van der Waals surface area contributed by atoms with E-state index in [4.69, 9.17) is 9.47 Å². The van der Waals surface area contributed by atoms with Crippen LogP contribution in [0.5, 0.6) is 5.75 Å². The van der Waals surface area contributed by atoms with Crippen molar-refractivity contribution >= 4 is 27.2 Å². The van der Waals surface area contributed by atoms with E-state index < -0.39 is 4.92 Å². The van der Waals surface area contributed by atoms with Gasteiger partial charge in [-0.05, 0) is 30.7 Å². The van der Waals surface area contributed by atoms with Crippen molar-refractivity contribution in [3.05, 3.63) is 52.6 Å². The number of nitro benzene ring substituents is 1. The lowest BCUT2D eigenvalue weighted by molar-refractivity contribution is -0.385. The van der Waals surface area contributed by atoms with Crippen molar-refractivity contribution in [2.24, 2.45) is 0 Å². The summed E-state index contributed by atoms with van der Waals surface area (Å²) in [5, 5.41) is 12.3. The highest BCUT2D eigenvalue weighted by molar-refractivity contribution is 7.21. The van der Waals surface area contributed by atoms with Gasteiger partial charge in [-0.3, -0.25) is 15.0 Å². The van der Waals surface area contributed by atoms with E-state index in [0.717, 1.165) is 60.1 Å². The second-order valence-electron chi connectivity index (χ2n) is 6.58. The summed E-state index contributed by atoms with van der Waals surface area (Å²) in [6.45, 7) is 4.73. The van der Waals surface area contributed by atoms with Gasteiger partial charge in [0, 0.05) is 31.3 Å². The number of morpholine rings is 1. The molecule has 1 aliphatic rings. The zero-order chi connectivity index (χ0) is 19.3. The molecule has 0 bridgehead atoms. The smallest absolute Gasteiger partial charge is 0.311 e. The molecular formula is C20H21N3O4S. The monoisotopic (exact) mass is 399 g/mol. The predicted molar refractivity (Wildman–Crippen MR) is 109 cm³/mol. The van der Waals surface area contributed by atoms with Crippen LogP contribution in [0.15, 0.2) is 42.5 Å². The average molecular weight is 399 g/mol. The quantitative estimate of drug-likeness (QED) is 0.340. The standard InChI is InChI=1S/C20H21N3O4S/c24-23(25)17-14-15(20-21-16-4-1-2-5-19(16)28-20)6-7-18(17)27-11-3-8-22-9-12-26-13-10-22/h1-2,4-7,14H,3,8-13H2. The Bertz CT molecular complexity index is 936. The third kappa shape index (κ3) is 4.30. The summed E-state index contributed by atoms with van der Waals surface area (Å²) < 4.78 is 12.1. The van der Waals surface area contributed by atoms with Crippen LogP contribution in [0.2, 0.25) is 0 Å². The second kappa shape index (κ2) is 8.64. The highest BCUT2D eigenvalue weighted by Crippen LogP contribution is 2.35. The maximum absolute atomic E-state index is 11.5. The lowest BCUT2D eigenvalue weighted by atomic mass is 10.2. The molecule has 0 aliphatic carbocycles. The molecule has 146 valence electrons. The Morgan fingerprint density at radius 2 is 2.04 bits per heavy atom.